The van der Waals surface area contributed by atoms with E-state index in [0.717, 1.165) is 5.56 Å². The van der Waals surface area contributed by atoms with Crippen LogP contribution >= 0.6 is 23.2 Å². The highest BCUT2D eigenvalue weighted by molar-refractivity contribution is 6.31. The maximum absolute atomic E-state index is 15.0. The van der Waals surface area contributed by atoms with E-state index in [1.54, 1.807) is 44.3 Å². The summed E-state index contributed by atoms with van der Waals surface area (Å²) in [6, 6.07) is 11.9. The molecule has 0 saturated carbocycles. The molecule has 1 unspecified atom stereocenters. The van der Waals surface area contributed by atoms with Crippen LogP contribution in [0.3, 0.4) is 0 Å². The van der Waals surface area contributed by atoms with Crippen molar-refractivity contribution < 1.29 is 18.7 Å². The molecule has 0 fully saturated rings. The zero-order valence-corrected chi connectivity index (χ0v) is 28.7. The van der Waals surface area contributed by atoms with Crippen LogP contribution in [0.1, 0.15) is 31.0 Å². The van der Waals surface area contributed by atoms with Gasteiger partial charge in [-0.25, -0.2) is 14.4 Å². The number of pyridine rings is 1. The van der Waals surface area contributed by atoms with Gasteiger partial charge in [0, 0.05) is 25.9 Å². The lowest BCUT2D eigenvalue weighted by atomic mass is 9.90. The summed E-state index contributed by atoms with van der Waals surface area (Å²) >= 11 is 12.6. The van der Waals surface area contributed by atoms with Gasteiger partial charge in [-0.1, -0.05) is 55.2 Å². The van der Waals surface area contributed by atoms with Crippen LogP contribution in [-0.2, 0) is 11.3 Å². The number of aliphatic imine (C=N–C) groups is 1. The predicted octanol–water partition coefficient (Wildman–Crippen LogP) is 5.95. The van der Waals surface area contributed by atoms with Crippen molar-refractivity contribution in [1.82, 2.24) is 14.5 Å². The monoisotopic (exact) mass is 693 g/mol. The number of aromatic nitrogens is 3. The van der Waals surface area contributed by atoms with Gasteiger partial charge < -0.3 is 24.7 Å². The van der Waals surface area contributed by atoms with Gasteiger partial charge in [0.15, 0.2) is 0 Å². The molecule has 1 atom stereocenters. The lowest BCUT2D eigenvalue weighted by Gasteiger charge is -2.29. The molecule has 0 spiro atoms. The third kappa shape index (κ3) is 6.71. The molecule has 3 heterocycles. The summed E-state index contributed by atoms with van der Waals surface area (Å²) < 4.78 is 27.2. The average molecular weight is 695 g/mol. The largest absolute Gasteiger partial charge is 0.497 e. The van der Waals surface area contributed by atoms with Gasteiger partial charge >= 0.3 is 0 Å². The van der Waals surface area contributed by atoms with E-state index in [4.69, 9.17) is 43.4 Å². The van der Waals surface area contributed by atoms with E-state index in [1.807, 2.05) is 26.0 Å². The standard InChI is InChI=1S/C34H34Cl2FN7O4/c1-18(2)29(40-26-15-39-34(42(3)4)41-31(26)48-6)27-28(38)33(46)44(30(27)20-9-12-23(35)25(37)13-20)21-14-24(36)32(45)43(17-21)16-19-7-10-22(47-5)11-8-19/h7-15,17-18,30H,16,38H2,1-6H3. The number of amides is 1. The zero-order valence-electron chi connectivity index (χ0n) is 27.2. The molecule has 0 aliphatic carbocycles. The third-order valence-corrected chi connectivity index (χ3v) is 8.31. The Labute approximate surface area is 287 Å². The van der Waals surface area contributed by atoms with Crippen LogP contribution in [0.5, 0.6) is 11.6 Å². The highest BCUT2D eigenvalue weighted by atomic mass is 35.5. The van der Waals surface area contributed by atoms with Gasteiger partial charge in [0.2, 0.25) is 11.8 Å². The van der Waals surface area contributed by atoms with E-state index in [9.17, 15) is 9.59 Å². The first-order chi connectivity index (χ1) is 22.8. The van der Waals surface area contributed by atoms with Crippen molar-refractivity contribution in [2.24, 2.45) is 16.6 Å². The van der Waals surface area contributed by atoms with E-state index in [1.165, 1.54) is 47.2 Å². The van der Waals surface area contributed by atoms with Gasteiger partial charge in [0.05, 0.1) is 49.4 Å². The molecule has 0 saturated heterocycles. The normalized spacial score (nSPS) is 15.0. The number of benzene rings is 2. The number of methoxy groups -OCH3 is 2. The number of carbonyl (C=O) groups excluding carboxylic acids is 1. The summed E-state index contributed by atoms with van der Waals surface area (Å²) in [5.41, 5.74) is 8.53. The van der Waals surface area contributed by atoms with E-state index < -0.39 is 23.3 Å². The van der Waals surface area contributed by atoms with Crippen LogP contribution < -0.4 is 30.6 Å². The Morgan fingerprint density at radius 3 is 2.38 bits per heavy atom. The van der Waals surface area contributed by atoms with Crippen LogP contribution in [0.25, 0.3) is 0 Å². The summed E-state index contributed by atoms with van der Waals surface area (Å²) in [6.45, 7) is 3.92. The van der Waals surface area contributed by atoms with Gasteiger partial charge in [-0.15, -0.1) is 0 Å². The molecular weight excluding hydrogens is 660 g/mol. The summed E-state index contributed by atoms with van der Waals surface area (Å²) in [5.74, 6) is -0.292. The molecular formula is C34H34Cl2FN7O4. The van der Waals surface area contributed by atoms with Crippen molar-refractivity contribution in [3.63, 3.8) is 0 Å². The van der Waals surface area contributed by atoms with Gasteiger partial charge in [-0.05, 0) is 47.4 Å². The molecule has 5 rings (SSSR count). The molecule has 1 amide bonds. The first-order valence-electron chi connectivity index (χ1n) is 14.8. The van der Waals surface area contributed by atoms with Crippen molar-refractivity contribution in [2.75, 3.05) is 38.1 Å². The Balaban J connectivity index is 1.69. The number of hydrogen-bond donors (Lipinski definition) is 1. The quantitative estimate of drug-likeness (QED) is 0.202. The van der Waals surface area contributed by atoms with Crippen LogP contribution in [0, 0.1) is 11.7 Å². The second-order valence-electron chi connectivity index (χ2n) is 11.5. The fourth-order valence-electron chi connectivity index (χ4n) is 5.37. The van der Waals surface area contributed by atoms with Crippen LogP contribution in [0.15, 0.2) is 82.0 Å². The van der Waals surface area contributed by atoms with Crippen molar-refractivity contribution in [1.29, 1.82) is 0 Å². The van der Waals surface area contributed by atoms with E-state index in [-0.39, 0.29) is 39.8 Å². The molecule has 250 valence electrons. The minimum absolute atomic E-state index is 0.0928. The Bertz CT molecular complexity index is 1990. The molecule has 0 bridgehead atoms. The predicted molar refractivity (Wildman–Crippen MR) is 186 cm³/mol. The van der Waals surface area contributed by atoms with Crippen molar-refractivity contribution >= 4 is 52.1 Å². The maximum atomic E-state index is 15.0. The first-order valence-corrected chi connectivity index (χ1v) is 15.6. The average Bonchev–Trinajstić information content (AvgIpc) is 3.32. The van der Waals surface area contributed by atoms with Crippen molar-refractivity contribution in [2.45, 2.75) is 26.4 Å². The first kappa shape index (κ1) is 34.4. The number of ether oxygens (including phenoxy) is 2. The van der Waals surface area contributed by atoms with Crippen molar-refractivity contribution in [3.8, 4) is 11.6 Å². The molecule has 11 nitrogen and oxygen atoms in total. The molecule has 1 aliphatic heterocycles. The number of nitrogens with two attached hydrogens (primary N) is 1. The highest BCUT2D eigenvalue weighted by Crippen LogP contribution is 2.43. The fourth-order valence-corrected chi connectivity index (χ4v) is 5.70. The van der Waals surface area contributed by atoms with Crippen LogP contribution in [0.2, 0.25) is 10.0 Å². The minimum atomic E-state index is -0.985. The molecule has 0 radical (unpaired) electrons. The molecule has 48 heavy (non-hydrogen) atoms. The lowest BCUT2D eigenvalue weighted by molar-refractivity contribution is -0.114. The highest BCUT2D eigenvalue weighted by Gasteiger charge is 2.43. The molecule has 14 heteroatoms. The summed E-state index contributed by atoms with van der Waals surface area (Å²) in [6.07, 6.45) is 3.04. The van der Waals surface area contributed by atoms with E-state index >= 15 is 4.39 Å². The Hall–Kier alpha value is -4.94. The van der Waals surface area contributed by atoms with Gasteiger partial charge in [0.25, 0.3) is 11.5 Å². The smallest absolute Gasteiger partial charge is 0.275 e. The van der Waals surface area contributed by atoms with Crippen LogP contribution in [-0.4, -0.2) is 54.5 Å². The summed E-state index contributed by atoms with van der Waals surface area (Å²) in [4.78, 5) is 44.2. The van der Waals surface area contributed by atoms with Gasteiger partial charge in [0.1, 0.15) is 28.0 Å². The Kier molecular flexibility index (Phi) is 10.1. The fraction of sp³-hybridized carbons (Fsp3) is 0.265. The molecule has 2 N–H and O–H groups in total. The van der Waals surface area contributed by atoms with Crippen molar-refractivity contribution in [3.05, 3.63) is 110 Å². The second kappa shape index (κ2) is 14.0. The summed E-state index contributed by atoms with van der Waals surface area (Å²) in [5, 5.41) is -0.215. The van der Waals surface area contributed by atoms with Gasteiger partial charge in [-0.3, -0.25) is 14.5 Å². The summed E-state index contributed by atoms with van der Waals surface area (Å²) in [7, 11) is 6.62. The molecule has 1 aliphatic rings. The third-order valence-electron chi connectivity index (χ3n) is 7.73. The number of halogens is 3. The number of hydrogen-bond acceptors (Lipinski definition) is 9. The lowest BCUT2D eigenvalue weighted by Crippen LogP contribution is -2.34. The number of anilines is 2. The SMILES string of the molecule is COc1ccc(Cn2cc(N3C(=O)C(N)=C(C(=Nc4cnc(N(C)C)nc4OC)C(C)C)C3c3ccc(Cl)c(F)c3)cc(Cl)c2=O)cc1. The Morgan fingerprint density at radius 2 is 1.77 bits per heavy atom. The van der Waals surface area contributed by atoms with E-state index in [2.05, 4.69) is 9.97 Å². The number of nitrogens with zero attached hydrogens (tertiary/aromatic N) is 6. The number of carbonyl (C=O) groups is 1. The molecule has 2 aromatic carbocycles. The maximum Gasteiger partial charge on any atom is 0.275 e. The van der Waals surface area contributed by atoms with Gasteiger partial charge in [-0.2, -0.15) is 4.98 Å². The minimum Gasteiger partial charge on any atom is -0.497 e. The second-order valence-corrected chi connectivity index (χ2v) is 12.3. The topological polar surface area (TPSA) is 128 Å². The number of rotatable bonds is 10. The molecule has 2 aromatic heterocycles. The molecule has 4 aromatic rings. The zero-order chi connectivity index (χ0) is 34.9. The van der Waals surface area contributed by atoms with E-state index in [0.29, 0.717) is 34.2 Å². The Morgan fingerprint density at radius 1 is 1.06 bits per heavy atom. The van der Waals surface area contributed by atoms with Crippen LogP contribution in [0.4, 0.5) is 21.7 Å².